The number of hydrogen-bond acceptors (Lipinski definition) is 4. The summed E-state index contributed by atoms with van der Waals surface area (Å²) in [6, 6.07) is 1.56. The van der Waals surface area contributed by atoms with Gasteiger partial charge in [0.2, 0.25) is 11.8 Å². The number of H-pyrrole nitrogens is 1. The van der Waals surface area contributed by atoms with E-state index in [4.69, 9.17) is 0 Å². The Morgan fingerprint density at radius 2 is 1.92 bits per heavy atom. The van der Waals surface area contributed by atoms with Gasteiger partial charge < -0.3 is 14.8 Å². The lowest BCUT2D eigenvalue weighted by Gasteiger charge is -2.38. The Morgan fingerprint density at radius 3 is 2.44 bits per heavy atom. The smallest absolute Gasteiger partial charge is 0.251 e. The number of aromatic amines is 1. The molecule has 7 nitrogen and oxygen atoms in total. The van der Waals surface area contributed by atoms with Crippen molar-refractivity contribution in [2.24, 2.45) is 5.92 Å². The summed E-state index contributed by atoms with van der Waals surface area (Å²) in [5, 5.41) is 0. The van der Waals surface area contributed by atoms with Gasteiger partial charge in [-0.1, -0.05) is 0 Å². The average molecular weight is 346 g/mol. The van der Waals surface area contributed by atoms with Gasteiger partial charge in [-0.3, -0.25) is 14.4 Å². The maximum Gasteiger partial charge on any atom is 0.251 e. The monoisotopic (exact) mass is 346 g/mol. The van der Waals surface area contributed by atoms with Gasteiger partial charge in [0.1, 0.15) is 5.82 Å². The summed E-state index contributed by atoms with van der Waals surface area (Å²) in [7, 11) is 1.77. The Bertz CT molecular complexity index is 747. The van der Waals surface area contributed by atoms with Crippen molar-refractivity contribution in [3.63, 3.8) is 0 Å². The van der Waals surface area contributed by atoms with Crippen molar-refractivity contribution in [2.45, 2.75) is 51.5 Å². The maximum absolute atomic E-state index is 12.9. The Hall–Kier alpha value is -2.18. The minimum atomic E-state index is -0.448. The fraction of sp³-hybridized carbons (Fsp3) is 0.667. The third-order valence-corrected chi connectivity index (χ3v) is 5.87. The molecule has 2 saturated heterocycles. The number of nitrogens with one attached hydrogen (secondary N) is 1. The summed E-state index contributed by atoms with van der Waals surface area (Å²) in [4.78, 5) is 47.2. The van der Waals surface area contributed by atoms with E-state index in [-0.39, 0.29) is 35.6 Å². The van der Waals surface area contributed by atoms with Crippen molar-refractivity contribution < 1.29 is 9.59 Å². The van der Waals surface area contributed by atoms with Gasteiger partial charge in [-0.2, -0.15) is 0 Å². The number of nitrogens with zero attached hydrogens (tertiary/aromatic N) is 3. The van der Waals surface area contributed by atoms with Crippen molar-refractivity contribution in [3.05, 3.63) is 27.9 Å². The minimum Gasteiger partial charge on any atom is -0.342 e. The molecule has 0 unspecified atom stereocenters. The van der Waals surface area contributed by atoms with Crippen LogP contribution in [0.2, 0.25) is 0 Å². The van der Waals surface area contributed by atoms with Crippen LogP contribution in [0.3, 0.4) is 0 Å². The van der Waals surface area contributed by atoms with Gasteiger partial charge >= 0.3 is 0 Å². The molecule has 2 fully saturated rings. The van der Waals surface area contributed by atoms with Gasteiger partial charge in [0.25, 0.3) is 5.56 Å². The molecule has 3 heterocycles. The fourth-order valence-electron chi connectivity index (χ4n) is 3.93. The molecule has 25 heavy (non-hydrogen) atoms. The highest BCUT2D eigenvalue weighted by Crippen LogP contribution is 2.36. The van der Waals surface area contributed by atoms with Gasteiger partial charge in [0.15, 0.2) is 0 Å². The summed E-state index contributed by atoms with van der Waals surface area (Å²) in [6.45, 7) is 6.97. The molecule has 2 aliphatic rings. The fourth-order valence-corrected chi connectivity index (χ4v) is 3.93. The minimum absolute atomic E-state index is 0.0291. The highest BCUT2D eigenvalue weighted by atomic mass is 16.2. The van der Waals surface area contributed by atoms with Crippen LogP contribution < -0.4 is 5.56 Å². The van der Waals surface area contributed by atoms with E-state index in [2.05, 4.69) is 9.97 Å². The SMILES string of the molecule is Cc1nc(C2CCN(C(=O)[C@@H]3CC(=O)N(C)C3(C)C)CC2)cc(=O)[nH]1. The molecule has 1 atom stereocenters. The summed E-state index contributed by atoms with van der Waals surface area (Å²) in [5.74, 6) is 0.625. The quantitative estimate of drug-likeness (QED) is 0.867. The zero-order valence-electron chi connectivity index (χ0n) is 15.3. The van der Waals surface area contributed by atoms with E-state index in [0.29, 0.717) is 18.9 Å². The topological polar surface area (TPSA) is 86.4 Å². The summed E-state index contributed by atoms with van der Waals surface area (Å²) < 4.78 is 0. The van der Waals surface area contributed by atoms with Crippen molar-refractivity contribution in [2.75, 3.05) is 20.1 Å². The molecule has 1 aromatic heterocycles. The molecule has 2 aliphatic heterocycles. The molecule has 0 spiro atoms. The van der Waals surface area contributed by atoms with Gasteiger partial charge in [-0.05, 0) is 33.6 Å². The molecule has 0 radical (unpaired) electrons. The average Bonchev–Trinajstić information content (AvgIpc) is 2.76. The number of carbonyl (C=O) groups is 2. The lowest BCUT2D eigenvalue weighted by molar-refractivity contribution is -0.138. The molecule has 0 aromatic carbocycles. The van der Waals surface area contributed by atoms with Gasteiger partial charge in [0, 0.05) is 44.1 Å². The van der Waals surface area contributed by atoms with E-state index in [9.17, 15) is 14.4 Å². The molecular formula is C18H26N4O3. The number of aryl methyl sites for hydroxylation is 1. The number of carbonyl (C=O) groups excluding carboxylic acids is 2. The summed E-state index contributed by atoms with van der Waals surface area (Å²) in [6.07, 6.45) is 1.87. The number of piperidine rings is 1. The molecule has 1 aromatic rings. The Balaban J connectivity index is 1.67. The largest absolute Gasteiger partial charge is 0.342 e. The molecule has 0 bridgehead atoms. The highest BCUT2D eigenvalue weighted by Gasteiger charge is 2.49. The molecular weight excluding hydrogens is 320 g/mol. The van der Waals surface area contributed by atoms with Crippen LogP contribution in [0.1, 0.15) is 50.5 Å². The van der Waals surface area contributed by atoms with Gasteiger partial charge in [-0.25, -0.2) is 4.98 Å². The van der Waals surface area contributed by atoms with Crippen LogP contribution in [0.5, 0.6) is 0 Å². The van der Waals surface area contributed by atoms with Crippen LogP contribution >= 0.6 is 0 Å². The number of hydrogen-bond donors (Lipinski definition) is 1. The predicted molar refractivity (Wildman–Crippen MR) is 93.1 cm³/mol. The molecule has 3 rings (SSSR count). The van der Waals surface area contributed by atoms with E-state index < -0.39 is 5.54 Å². The number of amides is 2. The highest BCUT2D eigenvalue weighted by molar-refractivity contribution is 5.91. The van der Waals surface area contributed by atoms with Crippen LogP contribution in [0.4, 0.5) is 0 Å². The van der Waals surface area contributed by atoms with Crippen molar-refractivity contribution >= 4 is 11.8 Å². The Kier molecular flexibility index (Phi) is 4.43. The number of rotatable bonds is 2. The first-order valence-corrected chi connectivity index (χ1v) is 8.83. The number of likely N-dealkylation sites (tertiary alicyclic amines) is 2. The third-order valence-electron chi connectivity index (χ3n) is 5.87. The number of aromatic nitrogens is 2. The molecule has 0 saturated carbocycles. The molecule has 136 valence electrons. The van der Waals surface area contributed by atoms with Gasteiger partial charge in [0.05, 0.1) is 11.6 Å². The zero-order chi connectivity index (χ0) is 18.4. The molecule has 0 aliphatic carbocycles. The van der Waals surface area contributed by atoms with Crippen LogP contribution in [-0.4, -0.2) is 57.3 Å². The van der Waals surface area contributed by atoms with Gasteiger partial charge in [-0.15, -0.1) is 0 Å². The lowest BCUT2D eigenvalue weighted by atomic mass is 9.86. The summed E-state index contributed by atoms with van der Waals surface area (Å²) >= 11 is 0. The molecule has 7 heteroatoms. The van der Waals surface area contributed by atoms with Crippen molar-refractivity contribution in [1.82, 2.24) is 19.8 Å². The van der Waals surface area contributed by atoms with Crippen LogP contribution in [0.25, 0.3) is 0 Å². The van der Waals surface area contributed by atoms with E-state index in [1.165, 1.54) is 0 Å². The lowest BCUT2D eigenvalue weighted by Crippen LogP contribution is -2.49. The second-order valence-corrected chi connectivity index (χ2v) is 7.72. The molecule has 1 N–H and O–H groups in total. The first-order valence-electron chi connectivity index (χ1n) is 8.83. The first kappa shape index (κ1) is 17.6. The second-order valence-electron chi connectivity index (χ2n) is 7.72. The normalized spacial score (nSPS) is 24.0. The van der Waals surface area contributed by atoms with Crippen molar-refractivity contribution in [3.8, 4) is 0 Å². The summed E-state index contributed by atoms with van der Waals surface area (Å²) in [5.41, 5.74) is 0.232. The Labute approximate surface area is 147 Å². The second kappa shape index (κ2) is 6.28. The predicted octanol–water partition coefficient (Wildman–Crippen LogP) is 1.04. The van der Waals surface area contributed by atoms with E-state index >= 15 is 0 Å². The van der Waals surface area contributed by atoms with E-state index in [1.807, 2.05) is 18.7 Å². The van der Waals surface area contributed by atoms with Crippen LogP contribution in [-0.2, 0) is 9.59 Å². The van der Waals surface area contributed by atoms with E-state index in [1.54, 1.807) is 24.9 Å². The standard InChI is InChI=1S/C18H26N4O3/c1-11-19-14(10-15(23)20-11)12-5-7-22(8-6-12)17(25)13-9-16(24)21(4)18(13,2)3/h10,12-13H,5-9H2,1-4H3,(H,19,20,23)/t13-/m0/s1. The zero-order valence-corrected chi connectivity index (χ0v) is 15.3. The van der Waals surface area contributed by atoms with E-state index in [0.717, 1.165) is 18.5 Å². The Morgan fingerprint density at radius 1 is 1.28 bits per heavy atom. The van der Waals surface area contributed by atoms with Crippen molar-refractivity contribution in [1.29, 1.82) is 0 Å². The van der Waals surface area contributed by atoms with Crippen LogP contribution in [0.15, 0.2) is 10.9 Å². The van der Waals surface area contributed by atoms with Crippen LogP contribution in [0, 0.1) is 12.8 Å². The third kappa shape index (κ3) is 3.19. The maximum atomic E-state index is 12.9. The first-order chi connectivity index (χ1) is 11.7. The molecule has 2 amide bonds.